The third-order valence-electron chi connectivity index (χ3n) is 10.5. The topological polar surface area (TPSA) is 23.0 Å². The molecule has 0 saturated carbocycles. The highest BCUT2D eigenvalue weighted by Crippen LogP contribution is 2.42. The van der Waals surface area contributed by atoms with E-state index in [4.69, 9.17) is 4.42 Å². The molecule has 0 atom stereocenters. The maximum absolute atomic E-state index is 6.67. The molecule has 3 heterocycles. The van der Waals surface area contributed by atoms with Crippen molar-refractivity contribution in [2.45, 2.75) is 0 Å². The quantitative estimate of drug-likeness (QED) is 0.186. The number of rotatable bonds is 4. The van der Waals surface area contributed by atoms with Crippen LogP contribution in [0.3, 0.4) is 0 Å². The summed E-state index contributed by atoms with van der Waals surface area (Å²) in [6.07, 6.45) is 0. The van der Waals surface area contributed by atoms with Gasteiger partial charge in [-0.1, -0.05) is 109 Å². The van der Waals surface area contributed by atoms with E-state index in [1.807, 2.05) is 0 Å². The Balaban J connectivity index is 1.00. The molecule has 0 fully saturated rings. The number of hydrogen-bond acceptors (Lipinski definition) is 1. The van der Waals surface area contributed by atoms with E-state index in [-0.39, 0.29) is 0 Å². The third kappa shape index (κ3) is 4.19. The van der Waals surface area contributed by atoms with Gasteiger partial charge in [0.15, 0.2) is 0 Å². The number of fused-ring (bicyclic) bond motifs is 10. The van der Waals surface area contributed by atoms with Crippen LogP contribution >= 0.6 is 0 Å². The Morgan fingerprint density at radius 2 is 0.804 bits per heavy atom. The van der Waals surface area contributed by atoms with Crippen molar-refractivity contribution >= 4 is 65.6 Å². The molecule has 0 unspecified atom stereocenters. The molecule has 0 aliphatic carbocycles. The van der Waals surface area contributed by atoms with Crippen molar-refractivity contribution in [1.29, 1.82) is 0 Å². The average molecular weight is 651 g/mol. The number of benzene rings is 8. The molecule has 238 valence electrons. The average Bonchev–Trinajstić information content (AvgIpc) is 3.86. The Labute approximate surface area is 293 Å². The zero-order chi connectivity index (χ0) is 33.5. The summed E-state index contributed by atoms with van der Waals surface area (Å²) in [6, 6.07) is 65.3. The zero-order valence-corrected chi connectivity index (χ0v) is 27.6. The standard InChI is InChI=1S/C48H30N2O/c1-3-11-35(12-4-1)49-42-17-9-7-15-37(42)40-29-33(23-26-44(40)49)31-19-21-32(22-20-31)34-24-28-46-41(30-34)38-25-27-45-47(48(38)51-46)39-16-8-10-18-43(39)50(45)36-13-5-2-6-14-36/h1-30H. The van der Waals surface area contributed by atoms with Gasteiger partial charge in [-0.2, -0.15) is 0 Å². The Bertz CT molecular complexity index is 3110. The Morgan fingerprint density at radius 1 is 0.314 bits per heavy atom. The minimum atomic E-state index is 0.900. The predicted octanol–water partition coefficient (Wildman–Crippen LogP) is 13.1. The number of furan rings is 1. The van der Waals surface area contributed by atoms with Crippen molar-refractivity contribution < 1.29 is 4.42 Å². The number of aromatic nitrogens is 2. The van der Waals surface area contributed by atoms with Crippen LogP contribution in [0.2, 0.25) is 0 Å². The molecular formula is C48H30N2O. The molecule has 0 aliphatic rings. The highest BCUT2D eigenvalue weighted by molar-refractivity contribution is 6.24. The normalized spacial score (nSPS) is 11.9. The second-order valence-electron chi connectivity index (χ2n) is 13.3. The van der Waals surface area contributed by atoms with E-state index in [1.165, 1.54) is 60.6 Å². The van der Waals surface area contributed by atoms with Gasteiger partial charge in [0.05, 0.1) is 27.5 Å². The highest BCUT2D eigenvalue weighted by atomic mass is 16.3. The molecule has 0 saturated heterocycles. The predicted molar refractivity (Wildman–Crippen MR) is 213 cm³/mol. The van der Waals surface area contributed by atoms with E-state index in [9.17, 15) is 0 Å². The molecule has 3 heteroatoms. The molecule has 11 aromatic rings. The van der Waals surface area contributed by atoms with Crippen LogP contribution in [-0.2, 0) is 0 Å². The summed E-state index contributed by atoms with van der Waals surface area (Å²) in [6.45, 7) is 0. The van der Waals surface area contributed by atoms with Crippen LogP contribution in [0.4, 0.5) is 0 Å². The molecular weight excluding hydrogens is 621 g/mol. The van der Waals surface area contributed by atoms with Gasteiger partial charge in [0, 0.05) is 38.3 Å². The maximum Gasteiger partial charge on any atom is 0.145 e. The van der Waals surface area contributed by atoms with Crippen LogP contribution in [-0.4, -0.2) is 9.13 Å². The largest absolute Gasteiger partial charge is 0.455 e. The Morgan fingerprint density at radius 3 is 1.49 bits per heavy atom. The zero-order valence-electron chi connectivity index (χ0n) is 27.6. The summed E-state index contributed by atoms with van der Waals surface area (Å²) in [5, 5.41) is 7.13. The summed E-state index contributed by atoms with van der Waals surface area (Å²) < 4.78 is 11.4. The van der Waals surface area contributed by atoms with E-state index < -0.39 is 0 Å². The lowest BCUT2D eigenvalue weighted by atomic mass is 9.98. The van der Waals surface area contributed by atoms with Crippen molar-refractivity contribution in [3.05, 3.63) is 182 Å². The van der Waals surface area contributed by atoms with Crippen LogP contribution < -0.4 is 0 Å². The molecule has 0 aliphatic heterocycles. The summed E-state index contributed by atoms with van der Waals surface area (Å²) in [7, 11) is 0. The minimum absolute atomic E-state index is 0.900. The van der Waals surface area contributed by atoms with Gasteiger partial charge < -0.3 is 13.6 Å². The van der Waals surface area contributed by atoms with Gasteiger partial charge in [0.1, 0.15) is 11.2 Å². The van der Waals surface area contributed by atoms with Crippen molar-refractivity contribution in [2.24, 2.45) is 0 Å². The molecule has 51 heavy (non-hydrogen) atoms. The monoisotopic (exact) mass is 650 g/mol. The smallest absolute Gasteiger partial charge is 0.145 e. The summed E-state index contributed by atoms with van der Waals surface area (Å²) in [5.41, 5.74) is 13.7. The molecule has 0 N–H and O–H groups in total. The van der Waals surface area contributed by atoms with Crippen LogP contribution in [0.15, 0.2) is 186 Å². The lowest BCUT2D eigenvalue weighted by molar-refractivity contribution is 0.673. The second kappa shape index (κ2) is 10.8. The first-order valence-electron chi connectivity index (χ1n) is 17.4. The molecule has 0 spiro atoms. The van der Waals surface area contributed by atoms with Gasteiger partial charge in [-0.25, -0.2) is 0 Å². The highest BCUT2D eigenvalue weighted by Gasteiger charge is 2.19. The molecule has 0 bridgehead atoms. The van der Waals surface area contributed by atoms with Crippen LogP contribution in [0.5, 0.6) is 0 Å². The summed E-state index contributed by atoms with van der Waals surface area (Å²) in [5.74, 6) is 0. The van der Waals surface area contributed by atoms with Gasteiger partial charge >= 0.3 is 0 Å². The first-order chi connectivity index (χ1) is 25.3. The van der Waals surface area contributed by atoms with E-state index in [0.717, 1.165) is 38.5 Å². The van der Waals surface area contributed by atoms with Gasteiger partial charge in [-0.05, 0) is 95.1 Å². The van der Waals surface area contributed by atoms with E-state index in [2.05, 4.69) is 191 Å². The van der Waals surface area contributed by atoms with Gasteiger partial charge in [0.25, 0.3) is 0 Å². The fourth-order valence-corrected chi connectivity index (χ4v) is 8.18. The van der Waals surface area contributed by atoms with Gasteiger partial charge in [0.2, 0.25) is 0 Å². The molecule has 8 aromatic carbocycles. The molecule has 11 rings (SSSR count). The fraction of sp³-hybridized carbons (Fsp3) is 0. The Hall–Kier alpha value is -6.84. The van der Waals surface area contributed by atoms with Crippen LogP contribution in [0.25, 0.3) is 99.2 Å². The van der Waals surface area contributed by atoms with Gasteiger partial charge in [-0.15, -0.1) is 0 Å². The first-order valence-corrected chi connectivity index (χ1v) is 17.4. The van der Waals surface area contributed by atoms with Crippen molar-refractivity contribution in [3.63, 3.8) is 0 Å². The van der Waals surface area contributed by atoms with Gasteiger partial charge in [-0.3, -0.25) is 0 Å². The second-order valence-corrected chi connectivity index (χ2v) is 13.3. The maximum atomic E-state index is 6.67. The minimum Gasteiger partial charge on any atom is -0.455 e. The molecule has 0 amide bonds. The van der Waals surface area contributed by atoms with E-state index >= 15 is 0 Å². The van der Waals surface area contributed by atoms with E-state index in [0.29, 0.717) is 0 Å². The third-order valence-corrected chi connectivity index (χ3v) is 10.5. The van der Waals surface area contributed by atoms with E-state index in [1.54, 1.807) is 0 Å². The summed E-state index contributed by atoms with van der Waals surface area (Å²) >= 11 is 0. The molecule has 3 aromatic heterocycles. The number of nitrogens with zero attached hydrogens (tertiary/aromatic N) is 2. The Kier molecular flexibility index (Phi) is 5.96. The van der Waals surface area contributed by atoms with Crippen molar-refractivity contribution in [3.8, 4) is 33.6 Å². The molecule has 0 radical (unpaired) electrons. The summed E-state index contributed by atoms with van der Waals surface area (Å²) in [4.78, 5) is 0. The van der Waals surface area contributed by atoms with Crippen LogP contribution in [0, 0.1) is 0 Å². The lowest BCUT2D eigenvalue weighted by Crippen LogP contribution is -1.92. The number of para-hydroxylation sites is 4. The first kappa shape index (κ1) is 28.0. The fourth-order valence-electron chi connectivity index (χ4n) is 8.18. The SMILES string of the molecule is c1ccc(-n2c3ccccc3c3cc(-c4ccc(-c5ccc6oc7c(ccc8c7c7ccccc7n8-c7ccccc7)c6c5)cc4)ccc32)cc1. The van der Waals surface area contributed by atoms with Crippen molar-refractivity contribution in [2.75, 3.05) is 0 Å². The lowest BCUT2D eigenvalue weighted by Gasteiger charge is -2.08. The number of hydrogen-bond donors (Lipinski definition) is 0. The molecule has 3 nitrogen and oxygen atoms in total. The van der Waals surface area contributed by atoms with Crippen molar-refractivity contribution in [1.82, 2.24) is 9.13 Å². The van der Waals surface area contributed by atoms with Crippen LogP contribution in [0.1, 0.15) is 0 Å².